The Kier molecular flexibility index (Phi) is 11.6. The second-order valence-electron chi connectivity index (χ2n) is 9.89. The van der Waals surface area contributed by atoms with E-state index in [1.165, 1.54) is 12.7 Å². The molecule has 0 aliphatic rings. The molecule has 0 aromatic heterocycles. The average Bonchev–Trinajstić information content (AvgIpc) is 2.97. The van der Waals surface area contributed by atoms with E-state index in [1.54, 1.807) is 0 Å². The van der Waals surface area contributed by atoms with Gasteiger partial charge in [0, 0.05) is 7.11 Å². The van der Waals surface area contributed by atoms with Crippen LogP contribution in [0.5, 0.6) is 17.2 Å². The molecule has 0 amide bonds. The largest absolute Gasteiger partial charge is 0.491 e. The van der Waals surface area contributed by atoms with Crippen LogP contribution in [0.25, 0.3) is 21.5 Å². The fraction of sp³-hybridized carbons (Fsp3) is 0.375. The van der Waals surface area contributed by atoms with Gasteiger partial charge in [-0.25, -0.2) is 0 Å². The molecule has 220 valence electrons. The molecule has 9 nitrogen and oxygen atoms in total. The van der Waals surface area contributed by atoms with E-state index in [4.69, 9.17) is 28.4 Å². The summed E-state index contributed by atoms with van der Waals surface area (Å²) in [4.78, 5) is 0. The molecular weight excluding hydrogens is 528 g/mol. The average molecular weight is 567 g/mol. The summed E-state index contributed by atoms with van der Waals surface area (Å²) in [7, 11) is 1.50. The Morgan fingerprint density at radius 2 is 0.902 bits per heavy atom. The van der Waals surface area contributed by atoms with Gasteiger partial charge in [-0.05, 0) is 64.9 Å². The second-order valence-corrected chi connectivity index (χ2v) is 9.89. The molecule has 4 rings (SSSR count). The molecule has 41 heavy (non-hydrogen) atoms. The first-order valence-corrected chi connectivity index (χ1v) is 13.5. The summed E-state index contributed by atoms with van der Waals surface area (Å²) in [6.07, 6.45) is -2.35. The van der Waals surface area contributed by atoms with Gasteiger partial charge in [-0.1, -0.05) is 42.0 Å². The Hall–Kier alpha value is -3.44. The van der Waals surface area contributed by atoms with Gasteiger partial charge in [0.15, 0.2) is 0 Å². The van der Waals surface area contributed by atoms with Gasteiger partial charge in [0.05, 0.1) is 19.8 Å². The molecule has 0 heterocycles. The number of benzene rings is 4. The first-order valence-electron chi connectivity index (χ1n) is 13.5. The van der Waals surface area contributed by atoms with Crippen LogP contribution in [0.3, 0.4) is 0 Å². The highest BCUT2D eigenvalue weighted by atomic mass is 16.7. The number of aliphatic hydroxyl groups excluding tert-OH is 3. The summed E-state index contributed by atoms with van der Waals surface area (Å²) in [6.45, 7) is 2.59. The summed E-state index contributed by atoms with van der Waals surface area (Å²) in [6, 6.07) is 23.4. The van der Waals surface area contributed by atoms with Crippen molar-refractivity contribution in [3.05, 3.63) is 78.4 Å². The molecule has 0 saturated heterocycles. The zero-order valence-corrected chi connectivity index (χ0v) is 23.4. The normalized spacial score (nSPS) is 13.7. The van der Waals surface area contributed by atoms with Crippen molar-refractivity contribution < 1.29 is 43.7 Å². The van der Waals surface area contributed by atoms with Gasteiger partial charge in [0.2, 0.25) is 0 Å². The van der Waals surface area contributed by atoms with Crippen LogP contribution in [0.1, 0.15) is 5.56 Å². The Balaban J connectivity index is 1.17. The minimum absolute atomic E-state index is 0.0352. The summed E-state index contributed by atoms with van der Waals surface area (Å²) in [5.74, 6) is 1.95. The fourth-order valence-corrected chi connectivity index (χ4v) is 4.16. The lowest BCUT2D eigenvalue weighted by Crippen LogP contribution is -2.25. The number of hydrogen-bond donors (Lipinski definition) is 3. The van der Waals surface area contributed by atoms with E-state index in [1.807, 2.05) is 54.6 Å². The monoisotopic (exact) mass is 566 g/mol. The van der Waals surface area contributed by atoms with Crippen molar-refractivity contribution in [2.75, 3.05) is 53.5 Å². The topological polar surface area (TPSA) is 116 Å². The van der Waals surface area contributed by atoms with Gasteiger partial charge in [-0.15, -0.1) is 0 Å². The number of ether oxygens (including phenoxy) is 6. The first kappa shape index (κ1) is 30.5. The molecule has 3 N–H and O–H groups in total. The third kappa shape index (κ3) is 9.86. The van der Waals surface area contributed by atoms with Gasteiger partial charge >= 0.3 is 0 Å². The molecule has 0 saturated carbocycles. The smallest absolute Gasteiger partial charge is 0.146 e. The van der Waals surface area contributed by atoms with Crippen LogP contribution in [0, 0.1) is 6.92 Å². The lowest BCUT2D eigenvalue weighted by atomic mass is 10.1. The van der Waals surface area contributed by atoms with Crippen molar-refractivity contribution in [1.82, 2.24) is 0 Å². The SMILES string of the molecule is COCC(O)COCOCC(O)COc1ccc2cc(OCC(O)COc3ccc4cc(C)ccc4c3)ccc2c1. The lowest BCUT2D eigenvalue weighted by Gasteiger charge is -2.15. The summed E-state index contributed by atoms with van der Waals surface area (Å²) < 4.78 is 32.5. The van der Waals surface area contributed by atoms with Crippen LogP contribution >= 0.6 is 0 Å². The Bertz CT molecular complexity index is 1380. The minimum Gasteiger partial charge on any atom is -0.491 e. The molecule has 0 aliphatic heterocycles. The number of hydrogen-bond acceptors (Lipinski definition) is 9. The quantitative estimate of drug-likeness (QED) is 0.129. The predicted octanol–water partition coefficient (Wildman–Crippen LogP) is 3.86. The number of aryl methyl sites for hydroxylation is 1. The van der Waals surface area contributed by atoms with E-state index in [9.17, 15) is 15.3 Å². The van der Waals surface area contributed by atoms with Crippen LogP contribution in [0.2, 0.25) is 0 Å². The predicted molar refractivity (Wildman–Crippen MR) is 156 cm³/mol. The molecule has 0 fully saturated rings. The molecule has 0 radical (unpaired) electrons. The Labute approximate surface area is 239 Å². The van der Waals surface area contributed by atoms with Gasteiger partial charge in [0.25, 0.3) is 0 Å². The zero-order chi connectivity index (χ0) is 29.0. The van der Waals surface area contributed by atoms with E-state index in [-0.39, 0.29) is 46.4 Å². The molecule has 0 aliphatic carbocycles. The molecule has 4 aromatic rings. The van der Waals surface area contributed by atoms with E-state index in [0.29, 0.717) is 17.2 Å². The molecule has 3 unspecified atom stereocenters. The number of methoxy groups -OCH3 is 1. The highest BCUT2D eigenvalue weighted by Gasteiger charge is 2.10. The van der Waals surface area contributed by atoms with E-state index >= 15 is 0 Å². The number of fused-ring (bicyclic) bond motifs is 2. The lowest BCUT2D eigenvalue weighted by molar-refractivity contribution is -0.107. The van der Waals surface area contributed by atoms with Gasteiger partial charge < -0.3 is 43.7 Å². The van der Waals surface area contributed by atoms with Crippen LogP contribution in [-0.2, 0) is 14.2 Å². The highest BCUT2D eigenvalue weighted by Crippen LogP contribution is 2.26. The van der Waals surface area contributed by atoms with Crippen LogP contribution in [0.4, 0.5) is 0 Å². The minimum atomic E-state index is -0.838. The molecule has 0 bridgehead atoms. The maximum Gasteiger partial charge on any atom is 0.146 e. The van der Waals surface area contributed by atoms with Crippen molar-refractivity contribution in [3.63, 3.8) is 0 Å². The number of rotatable bonds is 17. The van der Waals surface area contributed by atoms with Gasteiger partial charge in [-0.2, -0.15) is 0 Å². The van der Waals surface area contributed by atoms with Gasteiger partial charge in [0.1, 0.15) is 62.2 Å². The van der Waals surface area contributed by atoms with Crippen LogP contribution < -0.4 is 14.2 Å². The number of aliphatic hydroxyl groups is 3. The third-order valence-corrected chi connectivity index (χ3v) is 6.22. The summed E-state index contributed by atoms with van der Waals surface area (Å²) in [5.41, 5.74) is 1.21. The third-order valence-electron chi connectivity index (χ3n) is 6.22. The van der Waals surface area contributed by atoms with Gasteiger partial charge in [-0.3, -0.25) is 0 Å². The Morgan fingerprint density at radius 3 is 1.37 bits per heavy atom. The second kappa shape index (κ2) is 15.5. The maximum atomic E-state index is 10.4. The fourth-order valence-electron chi connectivity index (χ4n) is 4.16. The van der Waals surface area contributed by atoms with E-state index in [0.717, 1.165) is 21.5 Å². The summed E-state index contributed by atoms with van der Waals surface area (Å²) in [5, 5.41) is 34.1. The van der Waals surface area contributed by atoms with E-state index < -0.39 is 18.3 Å². The molecule has 0 spiro atoms. The van der Waals surface area contributed by atoms with Crippen LogP contribution in [-0.4, -0.2) is 87.2 Å². The molecule has 4 aromatic carbocycles. The maximum absolute atomic E-state index is 10.4. The van der Waals surface area contributed by atoms with Crippen molar-refractivity contribution in [3.8, 4) is 17.2 Å². The molecular formula is C32H38O9. The summed E-state index contributed by atoms with van der Waals surface area (Å²) >= 11 is 0. The highest BCUT2D eigenvalue weighted by molar-refractivity contribution is 5.85. The molecule has 3 atom stereocenters. The van der Waals surface area contributed by atoms with Crippen molar-refractivity contribution in [2.45, 2.75) is 25.2 Å². The molecule has 9 heteroatoms. The van der Waals surface area contributed by atoms with E-state index in [2.05, 4.69) is 25.1 Å². The first-order chi connectivity index (χ1) is 19.9. The Morgan fingerprint density at radius 1 is 0.512 bits per heavy atom. The van der Waals surface area contributed by atoms with Crippen LogP contribution in [0.15, 0.2) is 72.8 Å². The van der Waals surface area contributed by atoms with Crippen molar-refractivity contribution in [2.24, 2.45) is 0 Å². The zero-order valence-electron chi connectivity index (χ0n) is 23.4. The van der Waals surface area contributed by atoms with Crippen molar-refractivity contribution in [1.29, 1.82) is 0 Å². The standard InChI is InChI=1S/C32H38O9/c1-22-3-4-24-12-30(8-5-23(24)11-22)40-19-29(35)20-41-32-10-7-25-13-31(9-6-26(25)14-32)39-18-28(34)17-38-21-37-16-27(33)15-36-2/h3-14,27-29,33-35H,15-21H2,1-2H3. The van der Waals surface area contributed by atoms with Crippen molar-refractivity contribution >= 4 is 21.5 Å².